The third-order valence-electron chi connectivity index (χ3n) is 2.53. The van der Waals surface area contributed by atoms with Crippen LogP contribution < -0.4 is 5.69 Å². The number of hydrogen-bond acceptors (Lipinski definition) is 6. The minimum atomic E-state index is -1.26. The molecule has 1 unspecified atom stereocenters. The molecule has 2 rings (SSSR count). The predicted molar refractivity (Wildman–Crippen MR) is 51.5 cm³/mol. The second-order valence-electron chi connectivity index (χ2n) is 3.54. The first-order chi connectivity index (χ1) is 7.65. The molecule has 0 aliphatic carbocycles. The van der Waals surface area contributed by atoms with Gasteiger partial charge >= 0.3 is 5.69 Å². The minimum Gasteiger partial charge on any atom is -0.394 e. The van der Waals surface area contributed by atoms with Crippen LogP contribution in [0.15, 0.2) is 23.3 Å². The Hall–Kier alpha value is -1.28. The normalized spacial score (nSPS) is 34.2. The molecule has 88 valence electrons. The average Bonchev–Trinajstić information content (AvgIpc) is 2.57. The Kier molecular flexibility index (Phi) is 3.01. The van der Waals surface area contributed by atoms with Gasteiger partial charge in [0.25, 0.3) is 0 Å². The third kappa shape index (κ3) is 1.74. The standard InChI is InChI=1S/C9H12N2O5/c12-4-5-6(13)7(14)8(16-5)11-3-1-2-10-9(11)15/h1-3,5-8,12-14H,4H2/t5-,6+,7+,8?/m1/s1. The molecule has 1 aromatic rings. The monoisotopic (exact) mass is 228 g/mol. The molecule has 4 atom stereocenters. The van der Waals surface area contributed by atoms with Gasteiger partial charge in [0.05, 0.1) is 6.61 Å². The summed E-state index contributed by atoms with van der Waals surface area (Å²) < 4.78 is 6.25. The first-order valence-corrected chi connectivity index (χ1v) is 4.80. The van der Waals surface area contributed by atoms with Crippen LogP contribution in [-0.2, 0) is 4.74 Å². The largest absolute Gasteiger partial charge is 0.394 e. The van der Waals surface area contributed by atoms with Crippen LogP contribution >= 0.6 is 0 Å². The Labute approximate surface area is 90.6 Å². The smallest absolute Gasteiger partial charge is 0.349 e. The average molecular weight is 228 g/mol. The van der Waals surface area contributed by atoms with Crippen molar-refractivity contribution in [2.24, 2.45) is 0 Å². The molecule has 1 aromatic heterocycles. The Bertz CT molecular complexity index is 420. The van der Waals surface area contributed by atoms with Gasteiger partial charge in [0.2, 0.25) is 0 Å². The highest BCUT2D eigenvalue weighted by Crippen LogP contribution is 2.27. The summed E-state index contributed by atoms with van der Waals surface area (Å²) in [7, 11) is 0. The van der Waals surface area contributed by atoms with Gasteiger partial charge in [-0.1, -0.05) is 0 Å². The van der Waals surface area contributed by atoms with Gasteiger partial charge in [0.1, 0.15) is 18.3 Å². The molecule has 1 aliphatic rings. The minimum absolute atomic E-state index is 0.427. The molecular weight excluding hydrogens is 216 g/mol. The topological polar surface area (TPSA) is 105 Å². The molecule has 0 bridgehead atoms. The van der Waals surface area contributed by atoms with Gasteiger partial charge in [-0.3, -0.25) is 4.57 Å². The lowest BCUT2D eigenvalue weighted by molar-refractivity contribution is -0.0549. The van der Waals surface area contributed by atoms with E-state index in [1.807, 2.05) is 0 Å². The quantitative estimate of drug-likeness (QED) is 0.533. The van der Waals surface area contributed by atoms with Crippen LogP contribution in [0.25, 0.3) is 0 Å². The SMILES string of the molecule is O=c1ncccn1C1O[C@H](CO)[C@H](O)[C@@H]1O. The number of aromatic nitrogens is 2. The summed E-state index contributed by atoms with van der Waals surface area (Å²) >= 11 is 0. The number of hydrogen-bond donors (Lipinski definition) is 3. The van der Waals surface area contributed by atoms with Crippen molar-refractivity contribution in [1.29, 1.82) is 0 Å². The van der Waals surface area contributed by atoms with Crippen LogP contribution in [0.5, 0.6) is 0 Å². The van der Waals surface area contributed by atoms with Crippen molar-refractivity contribution in [1.82, 2.24) is 9.55 Å². The molecule has 1 aliphatic heterocycles. The van der Waals surface area contributed by atoms with Crippen molar-refractivity contribution in [3.05, 3.63) is 28.9 Å². The summed E-state index contributed by atoms with van der Waals surface area (Å²) in [6, 6.07) is 1.51. The van der Waals surface area contributed by atoms with Crippen LogP contribution in [0.1, 0.15) is 6.23 Å². The van der Waals surface area contributed by atoms with Crippen LogP contribution in [0.3, 0.4) is 0 Å². The maximum Gasteiger partial charge on any atom is 0.349 e. The lowest BCUT2D eigenvalue weighted by Gasteiger charge is -2.16. The second kappa shape index (κ2) is 4.30. The van der Waals surface area contributed by atoms with Crippen LogP contribution in [0.2, 0.25) is 0 Å². The van der Waals surface area contributed by atoms with Crippen molar-refractivity contribution < 1.29 is 20.1 Å². The highest BCUT2D eigenvalue weighted by molar-refractivity contribution is 4.92. The Morgan fingerprint density at radius 2 is 2.19 bits per heavy atom. The lowest BCUT2D eigenvalue weighted by atomic mass is 10.1. The van der Waals surface area contributed by atoms with E-state index in [9.17, 15) is 15.0 Å². The van der Waals surface area contributed by atoms with E-state index in [2.05, 4.69) is 4.98 Å². The fraction of sp³-hybridized carbons (Fsp3) is 0.556. The molecule has 0 amide bonds. The summed E-state index contributed by atoms with van der Waals surface area (Å²) in [5.74, 6) is 0. The zero-order valence-corrected chi connectivity index (χ0v) is 8.30. The van der Waals surface area contributed by atoms with Gasteiger partial charge in [0, 0.05) is 12.4 Å². The first kappa shape index (κ1) is 11.2. The van der Waals surface area contributed by atoms with Gasteiger partial charge in [0.15, 0.2) is 6.23 Å². The van der Waals surface area contributed by atoms with Crippen LogP contribution in [-0.4, -0.2) is 49.8 Å². The summed E-state index contributed by atoms with van der Waals surface area (Å²) in [5, 5.41) is 28.1. The van der Waals surface area contributed by atoms with E-state index in [-0.39, 0.29) is 0 Å². The van der Waals surface area contributed by atoms with E-state index in [1.165, 1.54) is 18.5 Å². The maximum atomic E-state index is 11.4. The maximum absolute atomic E-state index is 11.4. The Morgan fingerprint density at radius 3 is 2.75 bits per heavy atom. The van der Waals surface area contributed by atoms with E-state index in [0.717, 1.165) is 4.57 Å². The Morgan fingerprint density at radius 1 is 1.44 bits per heavy atom. The van der Waals surface area contributed by atoms with Gasteiger partial charge in [-0.2, -0.15) is 0 Å². The van der Waals surface area contributed by atoms with Gasteiger partial charge in [-0.25, -0.2) is 9.78 Å². The van der Waals surface area contributed by atoms with Crippen LogP contribution in [0.4, 0.5) is 0 Å². The zero-order valence-electron chi connectivity index (χ0n) is 8.30. The molecule has 7 nitrogen and oxygen atoms in total. The molecule has 0 aromatic carbocycles. The van der Waals surface area contributed by atoms with Crippen molar-refractivity contribution in [2.45, 2.75) is 24.5 Å². The van der Waals surface area contributed by atoms with Crippen LogP contribution in [0, 0.1) is 0 Å². The number of aliphatic hydroxyl groups is 3. The highest BCUT2D eigenvalue weighted by atomic mass is 16.6. The lowest BCUT2D eigenvalue weighted by Crippen LogP contribution is -2.35. The summed E-state index contributed by atoms with van der Waals surface area (Å²) in [5.41, 5.74) is -0.586. The van der Waals surface area contributed by atoms with E-state index < -0.39 is 36.8 Å². The third-order valence-corrected chi connectivity index (χ3v) is 2.53. The molecule has 0 spiro atoms. The van der Waals surface area contributed by atoms with E-state index >= 15 is 0 Å². The van der Waals surface area contributed by atoms with Crippen molar-refractivity contribution >= 4 is 0 Å². The number of aliphatic hydroxyl groups excluding tert-OH is 3. The summed E-state index contributed by atoms with van der Waals surface area (Å²) in [6.45, 7) is -0.427. The molecular formula is C9H12N2O5. The predicted octanol–water partition coefficient (Wildman–Crippen LogP) is -2.15. The van der Waals surface area contributed by atoms with E-state index in [0.29, 0.717) is 0 Å². The Balaban J connectivity index is 2.30. The number of ether oxygens (including phenoxy) is 1. The fourth-order valence-corrected chi connectivity index (χ4v) is 1.67. The summed E-state index contributed by atoms with van der Waals surface area (Å²) in [6.07, 6.45) is -1.68. The van der Waals surface area contributed by atoms with E-state index in [4.69, 9.17) is 9.84 Å². The fourth-order valence-electron chi connectivity index (χ4n) is 1.67. The highest BCUT2D eigenvalue weighted by Gasteiger charge is 2.43. The molecule has 1 saturated heterocycles. The van der Waals surface area contributed by atoms with Gasteiger partial charge in [-0.05, 0) is 6.07 Å². The molecule has 3 N–H and O–H groups in total. The molecule has 0 saturated carbocycles. The van der Waals surface area contributed by atoms with Crippen molar-refractivity contribution in [3.63, 3.8) is 0 Å². The summed E-state index contributed by atoms with van der Waals surface area (Å²) in [4.78, 5) is 14.9. The molecule has 1 fully saturated rings. The number of nitrogens with zero attached hydrogens (tertiary/aromatic N) is 2. The first-order valence-electron chi connectivity index (χ1n) is 4.80. The zero-order chi connectivity index (χ0) is 11.7. The van der Waals surface area contributed by atoms with E-state index in [1.54, 1.807) is 0 Å². The van der Waals surface area contributed by atoms with Gasteiger partial charge in [-0.15, -0.1) is 0 Å². The second-order valence-corrected chi connectivity index (χ2v) is 3.54. The molecule has 0 radical (unpaired) electrons. The van der Waals surface area contributed by atoms with Crippen molar-refractivity contribution in [2.75, 3.05) is 6.61 Å². The number of rotatable bonds is 2. The molecule has 2 heterocycles. The molecule has 7 heteroatoms. The van der Waals surface area contributed by atoms with Gasteiger partial charge < -0.3 is 20.1 Å². The van der Waals surface area contributed by atoms with Crippen molar-refractivity contribution in [3.8, 4) is 0 Å². The molecule has 16 heavy (non-hydrogen) atoms.